The second-order valence-electron chi connectivity index (χ2n) is 6.72. The maximum atomic E-state index is 12.6. The smallest absolute Gasteiger partial charge is 0.239 e. The average Bonchev–Trinajstić information content (AvgIpc) is 2.48. The molecule has 2 amide bonds. The van der Waals surface area contributed by atoms with Crippen LogP contribution in [-0.2, 0) is 9.59 Å². The molecule has 0 saturated heterocycles. The van der Waals surface area contributed by atoms with Gasteiger partial charge in [0.25, 0.3) is 0 Å². The van der Waals surface area contributed by atoms with E-state index in [-0.39, 0.29) is 11.8 Å². The first-order valence-electron chi connectivity index (χ1n) is 7.97. The van der Waals surface area contributed by atoms with Crippen molar-refractivity contribution >= 4 is 23.2 Å². The van der Waals surface area contributed by atoms with E-state index in [0.29, 0.717) is 5.69 Å². The molecule has 2 aromatic carbocycles. The monoisotopic (exact) mass is 324 g/mol. The van der Waals surface area contributed by atoms with Crippen molar-refractivity contribution in [3.8, 4) is 0 Å². The van der Waals surface area contributed by atoms with E-state index in [4.69, 9.17) is 0 Å². The van der Waals surface area contributed by atoms with Crippen LogP contribution in [0, 0.1) is 26.2 Å². The Labute approximate surface area is 143 Å². The number of amides is 2. The van der Waals surface area contributed by atoms with E-state index < -0.39 is 5.41 Å². The molecule has 0 heterocycles. The summed E-state index contributed by atoms with van der Waals surface area (Å²) in [4.78, 5) is 25.2. The molecule has 2 N–H and O–H groups in total. The summed E-state index contributed by atoms with van der Waals surface area (Å²) in [7, 11) is 0. The molecule has 4 heteroatoms. The van der Waals surface area contributed by atoms with Crippen molar-refractivity contribution in [2.45, 2.75) is 34.6 Å². The molecule has 0 aliphatic rings. The topological polar surface area (TPSA) is 58.2 Å². The van der Waals surface area contributed by atoms with Crippen LogP contribution in [0.25, 0.3) is 0 Å². The van der Waals surface area contributed by atoms with Gasteiger partial charge in [0.1, 0.15) is 5.41 Å². The zero-order valence-electron chi connectivity index (χ0n) is 14.9. The van der Waals surface area contributed by atoms with Gasteiger partial charge in [-0.2, -0.15) is 0 Å². The fraction of sp³-hybridized carbons (Fsp3) is 0.300. The third-order valence-electron chi connectivity index (χ3n) is 4.01. The van der Waals surface area contributed by atoms with Gasteiger partial charge in [0.05, 0.1) is 0 Å². The normalized spacial score (nSPS) is 11.0. The Hall–Kier alpha value is -2.62. The average molecular weight is 324 g/mol. The molecule has 0 spiro atoms. The zero-order chi connectivity index (χ0) is 17.9. The number of aryl methyl sites for hydroxylation is 3. The van der Waals surface area contributed by atoms with Crippen molar-refractivity contribution in [3.05, 3.63) is 59.2 Å². The van der Waals surface area contributed by atoms with Gasteiger partial charge in [0, 0.05) is 11.4 Å². The number of anilines is 2. The molecule has 0 aliphatic heterocycles. The molecule has 2 rings (SSSR count). The first-order chi connectivity index (χ1) is 11.2. The molecule has 0 saturated carbocycles. The lowest BCUT2D eigenvalue weighted by atomic mass is 9.90. The second-order valence-corrected chi connectivity index (χ2v) is 6.72. The van der Waals surface area contributed by atoms with Crippen LogP contribution in [0.1, 0.15) is 30.5 Å². The fourth-order valence-corrected chi connectivity index (χ4v) is 2.43. The number of benzene rings is 2. The molecule has 24 heavy (non-hydrogen) atoms. The molecule has 126 valence electrons. The van der Waals surface area contributed by atoms with Gasteiger partial charge < -0.3 is 10.6 Å². The van der Waals surface area contributed by atoms with Crippen LogP contribution in [0.4, 0.5) is 11.4 Å². The Morgan fingerprint density at radius 2 is 1.38 bits per heavy atom. The lowest BCUT2D eigenvalue weighted by Gasteiger charge is -2.23. The van der Waals surface area contributed by atoms with E-state index >= 15 is 0 Å². The minimum Gasteiger partial charge on any atom is -0.325 e. The molecule has 0 unspecified atom stereocenters. The predicted molar refractivity (Wildman–Crippen MR) is 98.1 cm³/mol. The standard InChI is InChI=1S/C20H24N2O2/c1-13-10-14(2)12-16(11-13)21-18(23)20(4,5)19(24)22-17-9-7-6-8-15(17)3/h6-12H,1-5H3,(H,21,23)(H,22,24). The summed E-state index contributed by atoms with van der Waals surface area (Å²) in [6, 6.07) is 13.3. The van der Waals surface area contributed by atoms with Crippen LogP contribution in [0.15, 0.2) is 42.5 Å². The van der Waals surface area contributed by atoms with Crippen molar-refractivity contribution in [1.82, 2.24) is 0 Å². The maximum absolute atomic E-state index is 12.6. The maximum Gasteiger partial charge on any atom is 0.239 e. The summed E-state index contributed by atoms with van der Waals surface area (Å²) in [5, 5.41) is 5.69. The number of para-hydroxylation sites is 1. The lowest BCUT2D eigenvalue weighted by molar-refractivity contribution is -0.135. The molecule has 4 nitrogen and oxygen atoms in total. The summed E-state index contributed by atoms with van der Waals surface area (Å²) in [6.07, 6.45) is 0. The molecular weight excluding hydrogens is 300 g/mol. The van der Waals surface area contributed by atoms with Gasteiger partial charge in [0.15, 0.2) is 0 Å². The number of carbonyl (C=O) groups excluding carboxylic acids is 2. The van der Waals surface area contributed by atoms with Crippen molar-refractivity contribution in [3.63, 3.8) is 0 Å². The summed E-state index contributed by atoms with van der Waals surface area (Å²) in [6.45, 7) is 9.10. The van der Waals surface area contributed by atoms with E-state index in [1.807, 2.05) is 63.2 Å². The minimum atomic E-state index is -1.19. The van der Waals surface area contributed by atoms with Gasteiger partial charge in [-0.25, -0.2) is 0 Å². The van der Waals surface area contributed by atoms with E-state index in [2.05, 4.69) is 10.6 Å². The fourth-order valence-electron chi connectivity index (χ4n) is 2.43. The lowest BCUT2D eigenvalue weighted by Crippen LogP contribution is -2.41. The van der Waals surface area contributed by atoms with E-state index in [9.17, 15) is 9.59 Å². The van der Waals surface area contributed by atoms with E-state index in [1.54, 1.807) is 13.8 Å². The molecule has 2 aromatic rings. The Morgan fingerprint density at radius 3 is 1.96 bits per heavy atom. The number of hydrogen-bond acceptors (Lipinski definition) is 2. The molecule has 0 bridgehead atoms. The van der Waals surface area contributed by atoms with Crippen molar-refractivity contribution in [2.75, 3.05) is 10.6 Å². The molecule has 0 fully saturated rings. The molecule has 0 radical (unpaired) electrons. The Kier molecular flexibility index (Phi) is 5.07. The summed E-state index contributed by atoms with van der Waals surface area (Å²) in [5.41, 5.74) is 3.31. The quantitative estimate of drug-likeness (QED) is 0.828. The minimum absolute atomic E-state index is 0.335. The SMILES string of the molecule is Cc1cc(C)cc(NC(=O)C(C)(C)C(=O)Nc2ccccc2C)c1. The third kappa shape index (κ3) is 4.02. The Bertz CT molecular complexity index is 759. The van der Waals surface area contributed by atoms with Crippen LogP contribution < -0.4 is 10.6 Å². The van der Waals surface area contributed by atoms with E-state index in [0.717, 1.165) is 22.4 Å². The van der Waals surface area contributed by atoms with Crippen molar-refractivity contribution < 1.29 is 9.59 Å². The largest absolute Gasteiger partial charge is 0.325 e. The molecule has 0 aliphatic carbocycles. The second kappa shape index (κ2) is 6.87. The first kappa shape index (κ1) is 17.7. The summed E-state index contributed by atoms with van der Waals surface area (Å²) < 4.78 is 0. The van der Waals surface area contributed by atoms with Crippen LogP contribution in [0.5, 0.6) is 0 Å². The first-order valence-corrected chi connectivity index (χ1v) is 7.97. The Morgan fingerprint density at radius 1 is 0.833 bits per heavy atom. The van der Waals surface area contributed by atoms with E-state index in [1.165, 1.54) is 0 Å². The number of hydrogen-bond donors (Lipinski definition) is 2. The summed E-state index contributed by atoms with van der Waals surface area (Å²) in [5.74, 6) is -0.669. The molecule has 0 atom stereocenters. The van der Waals surface area contributed by atoms with Crippen LogP contribution in [0.2, 0.25) is 0 Å². The Balaban J connectivity index is 2.14. The van der Waals surface area contributed by atoms with Crippen LogP contribution in [0.3, 0.4) is 0 Å². The van der Waals surface area contributed by atoms with Gasteiger partial charge >= 0.3 is 0 Å². The van der Waals surface area contributed by atoms with Gasteiger partial charge in [-0.1, -0.05) is 24.3 Å². The highest BCUT2D eigenvalue weighted by molar-refractivity contribution is 6.14. The number of carbonyl (C=O) groups is 2. The van der Waals surface area contributed by atoms with Crippen molar-refractivity contribution in [2.24, 2.45) is 5.41 Å². The summed E-state index contributed by atoms with van der Waals surface area (Å²) >= 11 is 0. The predicted octanol–water partition coefficient (Wildman–Crippen LogP) is 4.22. The highest BCUT2D eigenvalue weighted by Crippen LogP contribution is 2.23. The van der Waals surface area contributed by atoms with Gasteiger partial charge in [-0.05, 0) is 69.5 Å². The van der Waals surface area contributed by atoms with Crippen LogP contribution >= 0.6 is 0 Å². The van der Waals surface area contributed by atoms with Crippen LogP contribution in [-0.4, -0.2) is 11.8 Å². The third-order valence-corrected chi connectivity index (χ3v) is 4.01. The molecule has 0 aromatic heterocycles. The van der Waals surface area contributed by atoms with Crippen molar-refractivity contribution in [1.29, 1.82) is 0 Å². The number of rotatable bonds is 4. The molecular formula is C20H24N2O2. The zero-order valence-corrected chi connectivity index (χ0v) is 14.9. The van der Waals surface area contributed by atoms with Gasteiger partial charge in [-0.15, -0.1) is 0 Å². The van der Waals surface area contributed by atoms with Gasteiger partial charge in [0.2, 0.25) is 11.8 Å². The highest BCUT2D eigenvalue weighted by atomic mass is 16.2. The number of nitrogens with one attached hydrogen (secondary N) is 2. The highest BCUT2D eigenvalue weighted by Gasteiger charge is 2.36. The van der Waals surface area contributed by atoms with Gasteiger partial charge in [-0.3, -0.25) is 9.59 Å².